The number of nitrogens with one attached hydrogen (secondary N) is 1. The van der Waals surface area contributed by atoms with Crippen molar-refractivity contribution in [1.82, 2.24) is 9.97 Å². The summed E-state index contributed by atoms with van der Waals surface area (Å²) in [5.41, 5.74) is 0.149. The number of carboxylic acid groups (broad SMARTS) is 1. The molecule has 5 nitrogen and oxygen atoms in total. The fraction of sp³-hybridized carbons (Fsp3) is 0.636. The van der Waals surface area contributed by atoms with Gasteiger partial charge in [-0.2, -0.15) is 0 Å². The summed E-state index contributed by atoms with van der Waals surface area (Å²) < 4.78 is 5.02. The number of hydrogen-bond acceptors (Lipinski definition) is 3. The van der Waals surface area contributed by atoms with Crippen LogP contribution in [0.2, 0.25) is 0 Å². The van der Waals surface area contributed by atoms with Gasteiger partial charge in [0, 0.05) is 17.8 Å². The van der Waals surface area contributed by atoms with E-state index < -0.39 is 11.4 Å². The number of carbonyl (C=O) groups is 1. The van der Waals surface area contributed by atoms with Crippen LogP contribution in [0.1, 0.15) is 36.7 Å². The van der Waals surface area contributed by atoms with Crippen molar-refractivity contribution in [3.63, 3.8) is 0 Å². The zero-order valence-corrected chi connectivity index (χ0v) is 8.90. The van der Waals surface area contributed by atoms with Gasteiger partial charge in [0.1, 0.15) is 5.82 Å². The first-order valence-electron chi connectivity index (χ1n) is 5.59. The summed E-state index contributed by atoms with van der Waals surface area (Å²) in [5, 5.41) is 9.22. The van der Waals surface area contributed by atoms with Crippen molar-refractivity contribution >= 4 is 5.97 Å². The number of aromatic nitrogens is 2. The van der Waals surface area contributed by atoms with E-state index in [0.29, 0.717) is 11.7 Å². The van der Waals surface area contributed by atoms with E-state index in [4.69, 9.17) is 4.74 Å². The van der Waals surface area contributed by atoms with E-state index in [2.05, 4.69) is 9.97 Å². The van der Waals surface area contributed by atoms with Crippen molar-refractivity contribution in [2.75, 3.05) is 13.2 Å². The fourth-order valence-electron chi connectivity index (χ4n) is 2.17. The number of nitrogens with zero attached hydrogens (tertiary/aromatic N) is 1. The van der Waals surface area contributed by atoms with Gasteiger partial charge in [-0.25, -0.2) is 4.98 Å². The summed E-state index contributed by atoms with van der Waals surface area (Å²) in [5.74, 6) is 0.245. The van der Waals surface area contributed by atoms with E-state index in [0.717, 1.165) is 5.69 Å². The third-order valence-corrected chi connectivity index (χ3v) is 3.70. The van der Waals surface area contributed by atoms with Gasteiger partial charge in [-0.3, -0.25) is 4.79 Å². The molecular formula is C11H14N2O3. The number of aromatic amines is 1. The van der Waals surface area contributed by atoms with Crippen molar-refractivity contribution < 1.29 is 14.6 Å². The molecule has 0 spiro atoms. The Kier molecular flexibility index (Phi) is 2.04. The minimum absolute atomic E-state index is 0.222. The van der Waals surface area contributed by atoms with Crippen molar-refractivity contribution in [1.29, 1.82) is 0 Å². The maximum Gasteiger partial charge on any atom is 0.322 e. The summed E-state index contributed by atoms with van der Waals surface area (Å²) in [6.07, 6.45) is 5.39. The second-order valence-electron chi connectivity index (χ2n) is 4.70. The first kappa shape index (κ1) is 9.84. The molecule has 86 valence electrons. The standard InChI is InChI=1S/C11H14N2O3/c14-10(15)11(5-16-6-11)9-12-4-8(13-9)7-2-1-3-7/h4,7H,1-3,5-6H2,(H,12,13)(H,14,15). The molecule has 0 unspecified atom stereocenters. The van der Waals surface area contributed by atoms with Gasteiger partial charge in [0.25, 0.3) is 0 Å². The lowest BCUT2D eigenvalue weighted by atomic mass is 9.83. The Hall–Kier alpha value is -1.36. The SMILES string of the molecule is O=C(O)C1(c2ncc(C3CCC3)[nH]2)COC1. The van der Waals surface area contributed by atoms with E-state index in [9.17, 15) is 9.90 Å². The number of H-pyrrole nitrogens is 1. The fourth-order valence-corrected chi connectivity index (χ4v) is 2.17. The zero-order valence-electron chi connectivity index (χ0n) is 8.90. The molecule has 1 aromatic rings. The van der Waals surface area contributed by atoms with Gasteiger partial charge in [-0.05, 0) is 12.8 Å². The summed E-state index contributed by atoms with van der Waals surface area (Å²) in [6.45, 7) is 0.444. The molecule has 1 aliphatic heterocycles. The molecule has 5 heteroatoms. The van der Waals surface area contributed by atoms with Gasteiger partial charge < -0.3 is 14.8 Å². The molecule has 0 amide bonds. The number of ether oxygens (including phenoxy) is 1. The normalized spacial score (nSPS) is 23.5. The minimum atomic E-state index is -0.929. The van der Waals surface area contributed by atoms with Crippen molar-refractivity contribution in [3.8, 4) is 0 Å². The average molecular weight is 222 g/mol. The third-order valence-electron chi connectivity index (χ3n) is 3.70. The predicted molar refractivity (Wildman–Crippen MR) is 55.3 cm³/mol. The summed E-state index contributed by atoms with van der Waals surface area (Å²) >= 11 is 0. The van der Waals surface area contributed by atoms with Crippen LogP contribution < -0.4 is 0 Å². The monoisotopic (exact) mass is 222 g/mol. The van der Waals surface area contributed by atoms with E-state index in [1.807, 2.05) is 0 Å². The molecule has 2 fully saturated rings. The van der Waals surface area contributed by atoms with E-state index in [-0.39, 0.29) is 13.2 Å². The molecule has 1 aromatic heterocycles. The molecule has 2 heterocycles. The number of imidazole rings is 1. The molecule has 3 rings (SSSR count). The van der Waals surface area contributed by atoms with Crippen molar-refractivity contribution in [2.24, 2.45) is 0 Å². The van der Waals surface area contributed by atoms with Gasteiger partial charge in [-0.1, -0.05) is 6.42 Å². The Morgan fingerprint density at radius 2 is 2.31 bits per heavy atom. The molecule has 1 saturated carbocycles. The van der Waals surface area contributed by atoms with Crippen LogP contribution in [-0.4, -0.2) is 34.3 Å². The lowest BCUT2D eigenvalue weighted by Crippen LogP contribution is -2.53. The smallest absolute Gasteiger partial charge is 0.322 e. The Labute approximate surface area is 92.8 Å². The molecule has 16 heavy (non-hydrogen) atoms. The van der Waals surface area contributed by atoms with E-state index >= 15 is 0 Å². The van der Waals surface area contributed by atoms with Crippen molar-refractivity contribution in [2.45, 2.75) is 30.6 Å². The van der Waals surface area contributed by atoms with Crippen LogP contribution >= 0.6 is 0 Å². The average Bonchev–Trinajstić information content (AvgIpc) is 2.47. The summed E-state index contributed by atoms with van der Waals surface area (Å²) in [6, 6.07) is 0. The van der Waals surface area contributed by atoms with Crippen LogP contribution in [0.5, 0.6) is 0 Å². The second kappa shape index (κ2) is 3.31. The molecule has 0 radical (unpaired) electrons. The molecule has 2 N–H and O–H groups in total. The Balaban J connectivity index is 1.88. The van der Waals surface area contributed by atoms with Gasteiger partial charge in [-0.15, -0.1) is 0 Å². The van der Waals surface area contributed by atoms with Crippen LogP contribution in [0, 0.1) is 0 Å². The van der Waals surface area contributed by atoms with Gasteiger partial charge in [0.05, 0.1) is 13.2 Å². The number of aliphatic carboxylic acids is 1. The first-order valence-corrected chi connectivity index (χ1v) is 5.59. The highest BCUT2D eigenvalue weighted by molar-refractivity contribution is 5.81. The minimum Gasteiger partial charge on any atom is -0.480 e. The summed E-state index contributed by atoms with van der Waals surface area (Å²) in [7, 11) is 0. The lowest BCUT2D eigenvalue weighted by molar-refractivity contribution is -0.163. The quantitative estimate of drug-likeness (QED) is 0.801. The zero-order chi connectivity index (χ0) is 11.2. The Bertz CT molecular complexity index is 419. The summed E-state index contributed by atoms with van der Waals surface area (Å²) in [4.78, 5) is 18.6. The molecule has 1 aliphatic carbocycles. The van der Waals surface area contributed by atoms with Gasteiger partial charge in [0.15, 0.2) is 5.41 Å². The highest BCUT2D eigenvalue weighted by atomic mass is 16.5. The maximum atomic E-state index is 11.2. The first-order chi connectivity index (χ1) is 7.72. The lowest BCUT2D eigenvalue weighted by Gasteiger charge is -2.35. The number of rotatable bonds is 3. The second-order valence-corrected chi connectivity index (χ2v) is 4.70. The Morgan fingerprint density at radius 3 is 2.75 bits per heavy atom. The van der Waals surface area contributed by atoms with Crippen molar-refractivity contribution in [3.05, 3.63) is 17.7 Å². The van der Waals surface area contributed by atoms with Gasteiger partial charge in [0.2, 0.25) is 0 Å². The highest BCUT2D eigenvalue weighted by Crippen LogP contribution is 2.37. The Morgan fingerprint density at radius 1 is 1.56 bits per heavy atom. The van der Waals surface area contributed by atoms with E-state index in [1.165, 1.54) is 19.3 Å². The van der Waals surface area contributed by atoms with Gasteiger partial charge >= 0.3 is 5.97 Å². The molecule has 1 saturated heterocycles. The molecule has 0 bridgehead atoms. The van der Waals surface area contributed by atoms with Crippen LogP contribution in [0.4, 0.5) is 0 Å². The van der Waals surface area contributed by atoms with E-state index in [1.54, 1.807) is 6.20 Å². The molecular weight excluding hydrogens is 208 g/mol. The molecule has 0 aromatic carbocycles. The van der Waals surface area contributed by atoms with Crippen LogP contribution in [-0.2, 0) is 14.9 Å². The molecule has 2 aliphatic rings. The van der Waals surface area contributed by atoms with Crippen LogP contribution in [0.3, 0.4) is 0 Å². The topological polar surface area (TPSA) is 75.2 Å². The maximum absolute atomic E-state index is 11.2. The largest absolute Gasteiger partial charge is 0.480 e. The van der Waals surface area contributed by atoms with Crippen LogP contribution in [0.25, 0.3) is 0 Å². The number of carboxylic acids is 1. The van der Waals surface area contributed by atoms with Crippen LogP contribution in [0.15, 0.2) is 6.20 Å². The predicted octanol–water partition coefficient (Wildman–Crippen LogP) is 1.03. The number of hydrogen-bond donors (Lipinski definition) is 2. The third kappa shape index (κ3) is 1.21. The highest BCUT2D eigenvalue weighted by Gasteiger charge is 2.50. The molecule has 0 atom stereocenters.